The van der Waals surface area contributed by atoms with Crippen LogP contribution in [0.2, 0.25) is 0 Å². The maximum atomic E-state index is 8.92. The summed E-state index contributed by atoms with van der Waals surface area (Å²) in [4.78, 5) is 6.67. The van der Waals surface area contributed by atoms with Crippen LogP contribution >= 0.6 is 0 Å². The molecule has 0 amide bonds. The lowest BCUT2D eigenvalue weighted by Crippen LogP contribution is -2.35. The van der Waals surface area contributed by atoms with Crippen molar-refractivity contribution >= 4 is 0 Å². The number of aromatic nitrogens is 1. The van der Waals surface area contributed by atoms with Gasteiger partial charge < -0.3 is 9.47 Å². The predicted octanol–water partition coefficient (Wildman–Crippen LogP) is 2.89. The van der Waals surface area contributed by atoms with Gasteiger partial charge in [-0.15, -0.1) is 0 Å². The molecule has 3 rings (SSSR count). The Labute approximate surface area is 136 Å². The highest BCUT2D eigenvalue weighted by molar-refractivity contribution is 5.37. The summed E-state index contributed by atoms with van der Waals surface area (Å²) in [6.45, 7) is 6.31. The van der Waals surface area contributed by atoms with E-state index in [4.69, 9.17) is 14.7 Å². The van der Waals surface area contributed by atoms with Crippen molar-refractivity contribution in [1.29, 1.82) is 5.26 Å². The van der Waals surface area contributed by atoms with E-state index in [0.717, 1.165) is 38.6 Å². The number of rotatable bonds is 4. The van der Waals surface area contributed by atoms with E-state index < -0.39 is 0 Å². The van der Waals surface area contributed by atoms with Crippen LogP contribution in [0.5, 0.6) is 11.6 Å². The van der Waals surface area contributed by atoms with E-state index >= 15 is 0 Å². The van der Waals surface area contributed by atoms with Gasteiger partial charge in [0.25, 0.3) is 0 Å². The Morgan fingerprint density at radius 1 is 1.17 bits per heavy atom. The van der Waals surface area contributed by atoms with Gasteiger partial charge in [0.05, 0.1) is 24.5 Å². The average molecular weight is 309 g/mol. The van der Waals surface area contributed by atoms with Crippen molar-refractivity contribution in [2.45, 2.75) is 13.5 Å². The molecule has 5 nitrogen and oxygen atoms in total. The van der Waals surface area contributed by atoms with Crippen LogP contribution in [0.3, 0.4) is 0 Å². The molecule has 1 aromatic heterocycles. The van der Waals surface area contributed by atoms with E-state index in [1.165, 1.54) is 5.56 Å². The Kier molecular flexibility index (Phi) is 4.86. The van der Waals surface area contributed by atoms with Gasteiger partial charge in [0.2, 0.25) is 5.88 Å². The lowest BCUT2D eigenvalue weighted by Gasteiger charge is -2.26. The van der Waals surface area contributed by atoms with Gasteiger partial charge in [-0.05, 0) is 30.7 Å². The van der Waals surface area contributed by atoms with Crippen molar-refractivity contribution in [2.24, 2.45) is 0 Å². The van der Waals surface area contributed by atoms with Crippen LogP contribution in [-0.4, -0.2) is 36.2 Å². The molecule has 1 aromatic carbocycles. The van der Waals surface area contributed by atoms with Crippen LogP contribution in [0.25, 0.3) is 0 Å². The van der Waals surface area contributed by atoms with Gasteiger partial charge in [0.15, 0.2) is 0 Å². The first kappa shape index (κ1) is 15.5. The van der Waals surface area contributed by atoms with Gasteiger partial charge in [-0.25, -0.2) is 4.98 Å². The smallest absolute Gasteiger partial charge is 0.219 e. The SMILES string of the molecule is Cc1nc(Oc2ccc(CN3CCOCC3)cc2)ccc1C#N. The Morgan fingerprint density at radius 3 is 2.57 bits per heavy atom. The number of hydrogen-bond donors (Lipinski definition) is 0. The second-order valence-corrected chi connectivity index (χ2v) is 5.53. The summed E-state index contributed by atoms with van der Waals surface area (Å²) < 4.78 is 11.1. The molecule has 1 aliphatic rings. The molecule has 23 heavy (non-hydrogen) atoms. The van der Waals surface area contributed by atoms with Gasteiger partial charge in [0.1, 0.15) is 11.8 Å². The first-order valence-electron chi connectivity index (χ1n) is 7.69. The van der Waals surface area contributed by atoms with Crippen molar-refractivity contribution in [2.75, 3.05) is 26.3 Å². The molecule has 0 saturated carbocycles. The molecule has 1 fully saturated rings. The van der Waals surface area contributed by atoms with Gasteiger partial charge in [-0.2, -0.15) is 5.26 Å². The molecular weight excluding hydrogens is 290 g/mol. The number of morpholine rings is 1. The normalized spacial score (nSPS) is 15.1. The van der Waals surface area contributed by atoms with Gasteiger partial charge in [0, 0.05) is 25.7 Å². The summed E-state index contributed by atoms with van der Waals surface area (Å²) in [6.07, 6.45) is 0. The molecule has 118 valence electrons. The second-order valence-electron chi connectivity index (χ2n) is 5.53. The first-order valence-corrected chi connectivity index (χ1v) is 7.69. The fraction of sp³-hybridized carbons (Fsp3) is 0.333. The number of ether oxygens (including phenoxy) is 2. The summed E-state index contributed by atoms with van der Waals surface area (Å²) in [6, 6.07) is 13.6. The highest BCUT2D eigenvalue weighted by Gasteiger charge is 2.10. The largest absolute Gasteiger partial charge is 0.439 e. The molecule has 0 spiro atoms. The monoisotopic (exact) mass is 309 g/mol. The van der Waals surface area contributed by atoms with E-state index in [1.54, 1.807) is 19.1 Å². The highest BCUT2D eigenvalue weighted by atomic mass is 16.5. The summed E-state index contributed by atoms with van der Waals surface area (Å²) in [5.41, 5.74) is 2.50. The number of hydrogen-bond acceptors (Lipinski definition) is 5. The maximum absolute atomic E-state index is 8.92. The fourth-order valence-electron chi connectivity index (χ4n) is 2.51. The van der Waals surface area contributed by atoms with E-state index in [-0.39, 0.29) is 0 Å². The van der Waals surface area contributed by atoms with Gasteiger partial charge >= 0.3 is 0 Å². The Hall–Kier alpha value is -2.42. The average Bonchev–Trinajstić information content (AvgIpc) is 2.58. The third-order valence-corrected chi connectivity index (χ3v) is 3.84. The van der Waals surface area contributed by atoms with E-state index in [0.29, 0.717) is 17.1 Å². The topological polar surface area (TPSA) is 58.4 Å². The van der Waals surface area contributed by atoms with Crippen molar-refractivity contribution < 1.29 is 9.47 Å². The van der Waals surface area contributed by atoms with Crippen LogP contribution in [-0.2, 0) is 11.3 Å². The van der Waals surface area contributed by atoms with Crippen molar-refractivity contribution in [1.82, 2.24) is 9.88 Å². The molecule has 5 heteroatoms. The van der Waals surface area contributed by atoms with Crippen molar-refractivity contribution in [3.63, 3.8) is 0 Å². The summed E-state index contributed by atoms with van der Waals surface area (Å²) in [5, 5.41) is 8.92. The van der Waals surface area contributed by atoms with Crippen LogP contribution in [0.15, 0.2) is 36.4 Å². The van der Waals surface area contributed by atoms with Crippen LogP contribution < -0.4 is 4.74 Å². The van der Waals surface area contributed by atoms with Crippen molar-refractivity contribution in [3.05, 3.63) is 53.2 Å². The zero-order valence-corrected chi connectivity index (χ0v) is 13.2. The van der Waals surface area contributed by atoms with Crippen LogP contribution in [0, 0.1) is 18.3 Å². The summed E-state index contributed by atoms with van der Waals surface area (Å²) >= 11 is 0. The highest BCUT2D eigenvalue weighted by Crippen LogP contribution is 2.21. The second kappa shape index (κ2) is 7.23. The number of aryl methyl sites for hydroxylation is 1. The standard InChI is InChI=1S/C18H19N3O2/c1-14-16(12-19)4-7-18(20-14)23-17-5-2-15(3-6-17)13-21-8-10-22-11-9-21/h2-7H,8-11,13H2,1H3. The maximum Gasteiger partial charge on any atom is 0.219 e. The Morgan fingerprint density at radius 2 is 1.91 bits per heavy atom. The third kappa shape index (κ3) is 4.07. The quantitative estimate of drug-likeness (QED) is 0.869. The number of nitriles is 1. The minimum atomic E-state index is 0.502. The van der Waals surface area contributed by atoms with E-state index in [1.807, 2.05) is 12.1 Å². The first-order chi connectivity index (χ1) is 11.2. The van der Waals surface area contributed by atoms with Crippen LogP contribution in [0.1, 0.15) is 16.8 Å². The zero-order chi connectivity index (χ0) is 16.1. The summed E-state index contributed by atoms with van der Waals surface area (Å²) in [5.74, 6) is 1.25. The number of nitrogens with zero attached hydrogens (tertiary/aromatic N) is 3. The zero-order valence-electron chi connectivity index (χ0n) is 13.2. The molecule has 0 radical (unpaired) electrons. The summed E-state index contributed by atoms with van der Waals surface area (Å²) in [7, 11) is 0. The molecule has 0 N–H and O–H groups in total. The molecular formula is C18H19N3O2. The molecule has 2 aromatic rings. The Bertz CT molecular complexity index is 701. The molecule has 0 atom stereocenters. The third-order valence-electron chi connectivity index (χ3n) is 3.84. The minimum Gasteiger partial charge on any atom is -0.439 e. The molecule has 0 unspecified atom stereocenters. The lowest BCUT2D eigenvalue weighted by molar-refractivity contribution is 0.0342. The molecule has 1 saturated heterocycles. The molecule has 0 aliphatic carbocycles. The number of benzene rings is 1. The van der Waals surface area contributed by atoms with E-state index in [2.05, 4.69) is 28.1 Å². The van der Waals surface area contributed by atoms with Crippen LogP contribution in [0.4, 0.5) is 0 Å². The minimum absolute atomic E-state index is 0.502. The van der Waals surface area contributed by atoms with E-state index in [9.17, 15) is 0 Å². The molecule has 1 aliphatic heterocycles. The van der Waals surface area contributed by atoms with Gasteiger partial charge in [-0.3, -0.25) is 4.90 Å². The fourth-order valence-corrected chi connectivity index (χ4v) is 2.51. The van der Waals surface area contributed by atoms with Crippen molar-refractivity contribution in [3.8, 4) is 17.7 Å². The molecule has 2 heterocycles. The predicted molar refractivity (Wildman–Crippen MR) is 86.3 cm³/mol. The lowest BCUT2D eigenvalue weighted by atomic mass is 10.2. The molecule has 0 bridgehead atoms. The Balaban J connectivity index is 1.63. The number of pyridine rings is 1. The van der Waals surface area contributed by atoms with Gasteiger partial charge in [-0.1, -0.05) is 12.1 Å².